The second kappa shape index (κ2) is 5.34. The van der Waals surface area contributed by atoms with Crippen LogP contribution in [0.15, 0.2) is 24.3 Å². The number of hydrogen-bond acceptors (Lipinski definition) is 2. The first-order valence-corrected chi connectivity index (χ1v) is 5.25. The zero-order chi connectivity index (χ0) is 13.0. The Bertz CT molecular complexity index is 414. The molecule has 0 bridgehead atoms. The van der Waals surface area contributed by atoms with Gasteiger partial charge in [-0.15, -0.1) is 0 Å². The molecule has 92 valence electrons. The Kier molecular flexibility index (Phi) is 4.09. The maximum Gasteiger partial charge on any atom is 0.325 e. The second-order valence-electron chi connectivity index (χ2n) is 3.90. The van der Waals surface area contributed by atoms with E-state index >= 15 is 0 Å². The lowest BCUT2D eigenvalue weighted by atomic mass is 10.2. The number of benzene rings is 1. The first kappa shape index (κ1) is 13.0. The molecule has 1 aromatic carbocycles. The molecule has 0 saturated heterocycles. The third-order valence-electron chi connectivity index (χ3n) is 2.44. The van der Waals surface area contributed by atoms with Crippen molar-refractivity contribution in [3.05, 3.63) is 29.8 Å². The lowest BCUT2D eigenvalue weighted by molar-refractivity contribution is -0.138. The smallest absolute Gasteiger partial charge is 0.325 e. The number of carbonyl (C=O) groups is 2. The third-order valence-corrected chi connectivity index (χ3v) is 2.44. The quantitative estimate of drug-likeness (QED) is 0.837. The fourth-order valence-corrected chi connectivity index (χ4v) is 1.23. The first-order chi connectivity index (χ1) is 7.91. The minimum absolute atomic E-state index is 0.441. The van der Waals surface area contributed by atoms with E-state index in [1.54, 1.807) is 19.2 Å². The van der Waals surface area contributed by atoms with Gasteiger partial charge in [0.2, 0.25) is 0 Å². The van der Waals surface area contributed by atoms with Crippen molar-refractivity contribution in [2.75, 3.05) is 11.9 Å². The van der Waals surface area contributed by atoms with Crippen LogP contribution in [0.2, 0.25) is 0 Å². The third kappa shape index (κ3) is 3.48. The van der Waals surface area contributed by atoms with E-state index in [0.717, 1.165) is 5.56 Å². The first-order valence-electron chi connectivity index (χ1n) is 5.25. The number of carboxylic acids is 1. The summed E-state index contributed by atoms with van der Waals surface area (Å²) < 4.78 is 0. The maximum absolute atomic E-state index is 11.7. The summed E-state index contributed by atoms with van der Waals surface area (Å²) in [6, 6.07) is 6.04. The highest BCUT2D eigenvalue weighted by atomic mass is 16.4. The number of rotatable bonds is 3. The van der Waals surface area contributed by atoms with Gasteiger partial charge in [-0.2, -0.15) is 0 Å². The molecule has 0 heterocycles. The topological polar surface area (TPSA) is 69.6 Å². The molecule has 5 heteroatoms. The van der Waals surface area contributed by atoms with Crippen LogP contribution in [0.25, 0.3) is 0 Å². The van der Waals surface area contributed by atoms with E-state index in [1.807, 2.05) is 19.1 Å². The molecule has 0 saturated carbocycles. The lowest BCUT2D eigenvalue weighted by Gasteiger charge is -2.19. The zero-order valence-electron chi connectivity index (χ0n) is 10.1. The van der Waals surface area contributed by atoms with Gasteiger partial charge in [0, 0.05) is 12.7 Å². The fourth-order valence-electron chi connectivity index (χ4n) is 1.23. The number of amides is 2. The molecule has 1 aromatic rings. The van der Waals surface area contributed by atoms with Crippen molar-refractivity contribution in [2.45, 2.75) is 19.9 Å². The van der Waals surface area contributed by atoms with Crippen LogP contribution in [-0.4, -0.2) is 30.2 Å². The van der Waals surface area contributed by atoms with Gasteiger partial charge in [-0.05, 0) is 26.0 Å². The average Bonchev–Trinajstić information content (AvgIpc) is 2.28. The summed E-state index contributed by atoms with van der Waals surface area (Å²) in [5, 5.41) is 11.1. The van der Waals surface area contributed by atoms with Crippen molar-refractivity contribution < 1.29 is 14.7 Å². The number of hydrogen-bond donors (Lipinski definition) is 2. The normalized spacial score (nSPS) is 11.7. The van der Waals surface area contributed by atoms with Gasteiger partial charge >= 0.3 is 12.0 Å². The Balaban J connectivity index is 2.70. The minimum Gasteiger partial charge on any atom is -0.480 e. The largest absolute Gasteiger partial charge is 0.480 e. The molecule has 0 fully saturated rings. The minimum atomic E-state index is -1.06. The molecule has 2 amide bonds. The van der Waals surface area contributed by atoms with Gasteiger partial charge in [-0.3, -0.25) is 9.69 Å². The summed E-state index contributed by atoms with van der Waals surface area (Å²) in [6.45, 7) is 3.37. The van der Waals surface area contributed by atoms with Gasteiger partial charge in [0.15, 0.2) is 0 Å². The van der Waals surface area contributed by atoms with Crippen molar-refractivity contribution in [3.63, 3.8) is 0 Å². The van der Waals surface area contributed by atoms with E-state index in [9.17, 15) is 9.59 Å². The lowest BCUT2D eigenvalue weighted by Crippen LogP contribution is -2.45. The number of nitrogens with one attached hydrogen (secondary N) is 1. The van der Waals surface area contributed by atoms with Crippen LogP contribution in [-0.2, 0) is 4.79 Å². The summed E-state index contributed by atoms with van der Waals surface area (Å²) in [7, 11) is 1.59. The molecule has 0 aliphatic carbocycles. The molecule has 0 aliphatic rings. The molecule has 0 unspecified atom stereocenters. The van der Waals surface area contributed by atoms with E-state index < -0.39 is 18.0 Å². The van der Waals surface area contributed by atoms with E-state index in [1.165, 1.54) is 11.8 Å². The number of urea groups is 1. The van der Waals surface area contributed by atoms with Crippen LogP contribution in [0.5, 0.6) is 0 Å². The molecule has 5 nitrogen and oxygen atoms in total. The van der Waals surface area contributed by atoms with Gasteiger partial charge in [0.25, 0.3) is 0 Å². The number of carbonyl (C=O) groups excluding carboxylic acids is 1. The second-order valence-corrected chi connectivity index (χ2v) is 3.90. The van der Waals surface area contributed by atoms with Gasteiger partial charge in [-0.1, -0.05) is 17.7 Å². The highest BCUT2D eigenvalue weighted by molar-refractivity contribution is 5.93. The predicted molar refractivity (Wildman–Crippen MR) is 65.2 cm³/mol. The van der Waals surface area contributed by atoms with Crippen LogP contribution in [0.3, 0.4) is 0 Å². The Morgan fingerprint density at radius 1 is 1.29 bits per heavy atom. The van der Waals surface area contributed by atoms with Crippen molar-refractivity contribution in [1.82, 2.24) is 5.32 Å². The van der Waals surface area contributed by atoms with E-state index in [2.05, 4.69) is 5.32 Å². The van der Waals surface area contributed by atoms with Crippen LogP contribution in [0.1, 0.15) is 12.5 Å². The van der Waals surface area contributed by atoms with Crippen LogP contribution in [0, 0.1) is 6.92 Å². The average molecular weight is 236 g/mol. The summed E-state index contributed by atoms with van der Waals surface area (Å²) in [5.74, 6) is -1.06. The number of aryl methyl sites for hydroxylation is 1. The number of aliphatic carboxylic acids is 1. The number of anilines is 1. The molecule has 0 spiro atoms. The predicted octanol–water partition coefficient (Wildman–Crippen LogP) is 1.61. The van der Waals surface area contributed by atoms with Crippen molar-refractivity contribution in [1.29, 1.82) is 0 Å². The molecular formula is C12H16N2O3. The van der Waals surface area contributed by atoms with Crippen molar-refractivity contribution >= 4 is 17.7 Å². The highest BCUT2D eigenvalue weighted by Gasteiger charge is 2.17. The molecule has 0 radical (unpaired) electrons. The summed E-state index contributed by atoms with van der Waals surface area (Å²) >= 11 is 0. The van der Waals surface area contributed by atoms with Gasteiger partial charge in [0.1, 0.15) is 6.04 Å². The van der Waals surface area contributed by atoms with Gasteiger partial charge in [-0.25, -0.2) is 4.79 Å². The highest BCUT2D eigenvalue weighted by Crippen LogP contribution is 2.13. The fraction of sp³-hybridized carbons (Fsp3) is 0.333. The summed E-state index contributed by atoms with van der Waals surface area (Å²) in [6.07, 6.45) is 0. The number of nitrogens with zero attached hydrogens (tertiary/aromatic N) is 1. The van der Waals surface area contributed by atoms with Crippen molar-refractivity contribution in [2.24, 2.45) is 0 Å². The Morgan fingerprint density at radius 2 is 1.82 bits per heavy atom. The number of carboxylic acid groups (broad SMARTS) is 1. The van der Waals surface area contributed by atoms with Crippen LogP contribution >= 0.6 is 0 Å². The summed E-state index contributed by atoms with van der Waals surface area (Å²) in [4.78, 5) is 23.7. The summed E-state index contributed by atoms with van der Waals surface area (Å²) in [5.41, 5.74) is 1.81. The van der Waals surface area contributed by atoms with Crippen LogP contribution in [0.4, 0.5) is 10.5 Å². The standard InChI is InChI=1S/C12H16N2O3/c1-8-4-6-10(7-5-8)14(3)12(17)13-9(2)11(15)16/h4-7,9H,1-3H3,(H,13,17)(H,15,16)/t9-/m0/s1. The monoisotopic (exact) mass is 236 g/mol. The Morgan fingerprint density at radius 3 is 2.29 bits per heavy atom. The van der Waals surface area contributed by atoms with Crippen molar-refractivity contribution in [3.8, 4) is 0 Å². The Labute approximate surface area is 100 Å². The molecule has 1 rings (SSSR count). The molecule has 2 N–H and O–H groups in total. The van der Waals surface area contributed by atoms with E-state index in [0.29, 0.717) is 5.69 Å². The maximum atomic E-state index is 11.7. The van der Waals surface area contributed by atoms with Gasteiger partial charge in [0.05, 0.1) is 0 Å². The molecule has 0 aliphatic heterocycles. The van der Waals surface area contributed by atoms with Gasteiger partial charge < -0.3 is 10.4 Å². The molecule has 1 atom stereocenters. The van der Waals surface area contributed by atoms with E-state index in [-0.39, 0.29) is 0 Å². The zero-order valence-corrected chi connectivity index (χ0v) is 10.1. The SMILES string of the molecule is Cc1ccc(N(C)C(=O)N[C@@H](C)C(=O)O)cc1. The van der Waals surface area contributed by atoms with Crippen LogP contribution < -0.4 is 10.2 Å². The van der Waals surface area contributed by atoms with E-state index in [4.69, 9.17) is 5.11 Å². The molecule has 0 aromatic heterocycles. The molecular weight excluding hydrogens is 220 g/mol. The molecule has 17 heavy (non-hydrogen) atoms. The Hall–Kier alpha value is -2.04.